The molecule has 1 unspecified atom stereocenters. The number of hydrogen-bond acceptors (Lipinski definition) is 4. The number of piperidine rings is 1. The monoisotopic (exact) mass is 279 g/mol. The largest absolute Gasteiger partial charge is 0.487 e. The summed E-state index contributed by atoms with van der Waals surface area (Å²) in [5.74, 6) is 0.494. The van der Waals surface area contributed by atoms with Crippen LogP contribution in [0.4, 0.5) is 10.1 Å². The Morgan fingerprint density at radius 1 is 1.15 bits per heavy atom. The zero-order valence-electron chi connectivity index (χ0n) is 11.7. The topological polar surface area (TPSA) is 36.5 Å². The van der Waals surface area contributed by atoms with E-state index in [-0.39, 0.29) is 11.9 Å². The number of para-hydroxylation sites is 1. The van der Waals surface area contributed by atoms with Gasteiger partial charge in [-0.2, -0.15) is 0 Å². The SMILES string of the molecule is Fc1cccc(OC2CCCNC2)c1N1CCNCC1. The standard InChI is InChI=1S/C15H22FN3O/c16-13-4-1-5-14(20-12-3-2-6-18-11-12)15(13)19-9-7-17-8-10-19/h1,4-5,12,17-18H,2-3,6-11H2. The van der Waals surface area contributed by atoms with Gasteiger partial charge in [-0.3, -0.25) is 0 Å². The van der Waals surface area contributed by atoms with E-state index in [2.05, 4.69) is 15.5 Å². The van der Waals surface area contributed by atoms with Gasteiger partial charge >= 0.3 is 0 Å². The predicted molar refractivity (Wildman–Crippen MR) is 78.0 cm³/mol. The molecule has 0 spiro atoms. The predicted octanol–water partition coefficient (Wildman–Crippen LogP) is 1.37. The molecule has 3 rings (SSSR count). The molecule has 0 radical (unpaired) electrons. The fourth-order valence-corrected chi connectivity index (χ4v) is 2.89. The average molecular weight is 279 g/mol. The van der Waals surface area contributed by atoms with Gasteiger partial charge in [0.15, 0.2) is 0 Å². The van der Waals surface area contributed by atoms with Crippen molar-refractivity contribution in [1.82, 2.24) is 10.6 Å². The normalized spacial score (nSPS) is 23.6. The summed E-state index contributed by atoms with van der Waals surface area (Å²) in [6, 6.07) is 5.13. The van der Waals surface area contributed by atoms with Gasteiger partial charge in [0, 0.05) is 32.7 Å². The maximum absolute atomic E-state index is 14.2. The first kappa shape index (κ1) is 13.6. The van der Waals surface area contributed by atoms with Crippen molar-refractivity contribution in [3.63, 3.8) is 0 Å². The van der Waals surface area contributed by atoms with E-state index in [1.807, 2.05) is 6.07 Å². The Morgan fingerprint density at radius 2 is 2.00 bits per heavy atom. The van der Waals surface area contributed by atoms with E-state index in [4.69, 9.17) is 4.74 Å². The molecule has 110 valence electrons. The highest BCUT2D eigenvalue weighted by Gasteiger charge is 2.22. The molecule has 2 fully saturated rings. The first-order chi connectivity index (χ1) is 9.84. The minimum atomic E-state index is -0.187. The van der Waals surface area contributed by atoms with Gasteiger partial charge in [0.05, 0.1) is 0 Å². The van der Waals surface area contributed by atoms with E-state index in [1.54, 1.807) is 6.07 Å². The summed E-state index contributed by atoms with van der Waals surface area (Å²) in [4.78, 5) is 2.08. The van der Waals surface area contributed by atoms with Gasteiger partial charge < -0.3 is 20.3 Å². The summed E-state index contributed by atoms with van der Waals surface area (Å²) >= 11 is 0. The van der Waals surface area contributed by atoms with Crippen LogP contribution in [0.5, 0.6) is 5.75 Å². The molecule has 1 aromatic carbocycles. The first-order valence-electron chi connectivity index (χ1n) is 7.46. The summed E-state index contributed by atoms with van der Waals surface area (Å²) < 4.78 is 20.3. The molecule has 2 saturated heterocycles. The highest BCUT2D eigenvalue weighted by atomic mass is 19.1. The maximum atomic E-state index is 14.2. The van der Waals surface area contributed by atoms with Crippen molar-refractivity contribution in [3.05, 3.63) is 24.0 Å². The molecule has 0 saturated carbocycles. The van der Waals surface area contributed by atoms with Crippen LogP contribution in [-0.2, 0) is 0 Å². The third-order valence-electron chi connectivity index (χ3n) is 3.93. The Bertz CT molecular complexity index is 443. The van der Waals surface area contributed by atoms with E-state index in [9.17, 15) is 4.39 Å². The number of nitrogens with zero attached hydrogens (tertiary/aromatic N) is 1. The lowest BCUT2D eigenvalue weighted by Gasteiger charge is -2.32. The zero-order chi connectivity index (χ0) is 13.8. The van der Waals surface area contributed by atoms with Crippen molar-refractivity contribution < 1.29 is 9.13 Å². The second-order valence-corrected chi connectivity index (χ2v) is 5.41. The minimum absolute atomic E-state index is 0.146. The Kier molecular flexibility index (Phi) is 4.38. The molecule has 0 aliphatic carbocycles. The van der Waals surface area contributed by atoms with Gasteiger partial charge in [-0.15, -0.1) is 0 Å². The maximum Gasteiger partial charge on any atom is 0.150 e. The van der Waals surface area contributed by atoms with Crippen LogP contribution in [0.15, 0.2) is 18.2 Å². The number of nitrogens with one attached hydrogen (secondary N) is 2. The second kappa shape index (κ2) is 6.41. The van der Waals surface area contributed by atoms with Crippen molar-refractivity contribution in [1.29, 1.82) is 0 Å². The molecule has 2 N–H and O–H groups in total. The lowest BCUT2D eigenvalue weighted by Crippen LogP contribution is -2.44. The van der Waals surface area contributed by atoms with E-state index < -0.39 is 0 Å². The third-order valence-corrected chi connectivity index (χ3v) is 3.93. The van der Waals surface area contributed by atoms with Crippen molar-refractivity contribution in [3.8, 4) is 5.75 Å². The molecule has 1 atom stereocenters. The van der Waals surface area contributed by atoms with E-state index in [1.165, 1.54) is 6.07 Å². The Labute approximate surface area is 119 Å². The van der Waals surface area contributed by atoms with Crippen LogP contribution in [0, 0.1) is 5.82 Å². The molecule has 1 aromatic rings. The van der Waals surface area contributed by atoms with Crippen LogP contribution < -0.4 is 20.3 Å². The van der Waals surface area contributed by atoms with Crippen LogP contribution in [0.25, 0.3) is 0 Å². The van der Waals surface area contributed by atoms with Crippen LogP contribution in [0.3, 0.4) is 0 Å². The van der Waals surface area contributed by atoms with Crippen molar-refractivity contribution in [2.24, 2.45) is 0 Å². The third kappa shape index (κ3) is 3.04. The number of anilines is 1. The fourth-order valence-electron chi connectivity index (χ4n) is 2.89. The molecule has 20 heavy (non-hydrogen) atoms. The smallest absolute Gasteiger partial charge is 0.150 e. The van der Waals surface area contributed by atoms with E-state index >= 15 is 0 Å². The highest BCUT2D eigenvalue weighted by molar-refractivity contribution is 5.60. The molecule has 2 aliphatic rings. The van der Waals surface area contributed by atoms with Gasteiger partial charge in [0.25, 0.3) is 0 Å². The highest BCUT2D eigenvalue weighted by Crippen LogP contribution is 2.32. The number of ether oxygens (including phenoxy) is 1. The van der Waals surface area contributed by atoms with E-state index in [0.717, 1.165) is 52.1 Å². The van der Waals surface area contributed by atoms with Gasteiger partial charge in [-0.25, -0.2) is 4.39 Å². The summed E-state index contributed by atoms with van der Waals surface area (Å²) in [6.07, 6.45) is 2.29. The second-order valence-electron chi connectivity index (χ2n) is 5.41. The van der Waals surface area contributed by atoms with Gasteiger partial charge in [-0.05, 0) is 31.5 Å². The molecule has 0 amide bonds. The Hall–Kier alpha value is -1.33. The van der Waals surface area contributed by atoms with Crippen molar-refractivity contribution in [2.75, 3.05) is 44.2 Å². The Morgan fingerprint density at radius 3 is 2.75 bits per heavy atom. The average Bonchev–Trinajstić information content (AvgIpc) is 2.49. The van der Waals surface area contributed by atoms with Crippen LogP contribution in [0.2, 0.25) is 0 Å². The van der Waals surface area contributed by atoms with Crippen molar-refractivity contribution >= 4 is 5.69 Å². The summed E-state index contributed by atoms with van der Waals surface area (Å²) in [7, 11) is 0. The molecule has 2 aliphatic heterocycles. The zero-order valence-corrected chi connectivity index (χ0v) is 11.7. The number of piperazine rings is 1. The molecule has 0 bridgehead atoms. The molecular formula is C15H22FN3O. The molecule has 0 aromatic heterocycles. The van der Waals surface area contributed by atoms with E-state index in [0.29, 0.717) is 11.4 Å². The number of benzene rings is 1. The Balaban J connectivity index is 1.79. The summed E-state index contributed by atoms with van der Waals surface area (Å²) in [6.45, 7) is 5.31. The van der Waals surface area contributed by atoms with Gasteiger partial charge in [0.2, 0.25) is 0 Å². The number of rotatable bonds is 3. The lowest BCUT2D eigenvalue weighted by atomic mass is 10.1. The minimum Gasteiger partial charge on any atom is -0.487 e. The summed E-state index contributed by atoms with van der Waals surface area (Å²) in [5.41, 5.74) is 0.625. The molecule has 5 heteroatoms. The first-order valence-corrected chi connectivity index (χ1v) is 7.46. The molecule has 2 heterocycles. The van der Waals surface area contributed by atoms with Gasteiger partial charge in [0.1, 0.15) is 23.4 Å². The van der Waals surface area contributed by atoms with Crippen LogP contribution >= 0.6 is 0 Å². The lowest BCUT2D eigenvalue weighted by molar-refractivity contribution is 0.167. The van der Waals surface area contributed by atoms with Crippen LogP contribution in [-0.4, -0.2) is 45.4 Å². The quantitative estimate of drug-likeness (QED) is 0.876. The molecular weight excluding hydrogens is 257 g/mol. The van der Waals surface area contributed by atoms with Crippen molar-refractivity contribution in [2.45, 2.75) is 18.9 Å². The van der Waals surface area contributed by atoms with Crippen LogP contribution in [0.1, 0.15) is 12.8 Å². The fraction of sp³-hybridized carbons (Fsp3) is 0.600. The number of halogens is 1. The molecule has 4 nitrogen and oxygen atoms in total. The number of hydrogen-bond donors (Lipinski definition) is 2. The summed E-state index contributed by atoms with van der Waals surface area (Å²) in [5, 5.41) is 6.62. The van der Waals surface area contributed by atoms with Gasteiger partial charge in [-0.1, -0.05) is 6.07 Å².